The standard InChI is InChI=1S/C13H10ClNO3S2/c14-10-7-3-1-2-4-9(7)20-11(10)12(16)15-6-19-5-8(15)13(17)18/h1-4,8H,5-6H2,(H,17,18)/t8-/m0/s1. The number of thioether (sulfide) groups is 1. The molecule has 1 N–H and O–H groups in total. The summed E-state index contributed by atoms with van der Waals surface area (Å²) in [5, 5.41) is 10.4. The Morgan fingerprint density at radius 3 is 2.80 bits per heavy atom. The third-order valence-corrected chi connectivity index (χ3v) is 5.83. The second kappa shape index (κ2) is 5.27. The second-order valence-electron chi connectivity index (χ2n) is 4.37. The van der Waals surface area contributed by atoms with Crippen molar-refractivity contribution in [3.05, 3.63) is 34.2 Å². The number of hydrogen-bond acceptors (Lipinski definition) is 4. The van der Waals surface area contributed by atoms with Crippen molar-refractivity contribution in [1.82, 2.24) is 4.90 Å². The average Bonchev–Trinajstić information content (AvgIpc) is 3.04. The molecule has 1 saturated heterocycles. The minimum atomic E-state index is -0.972. The monoisotopic (exact) mass is 327 g/mol. The average molecular weight is 328 g/mol. The van der Waals surface area contributed by atoms with Crippen molar-refractivity contribution >= 4 is 56.7 Å². The van der Waals surface area contributed by atoms with E-state index in [1.807, 2.05) is 24.3 Å². The Morgan fingerprint density at radius 1 is 1.35 bits per heavy atom. The molecule has 1 aromatic heterocycles. The Kier molecular flexibility index (Phi) is 3.62. The number of carboxylic acid groups (broad SMARTS) is 1. The maximum Gasteiger partial charge on any atom is 0.327 e. The van der Waals surface area contributed by atoms with Crippen LogP contribution in [0, 0.1) is 0 Å². The van der Waals surface area contributed by atoms with Crippen molar-refractivity contribution in [3.63, 3.8) is 0 Å². The van der Waals surface area contributed by atoms with Crippen LogP contribution in [-0.2, 0) is 4.79 Å². The van der Waals surface area contributed by atoms with Crippen molar-refractivity contribution in [2.75, 3.05) is 11.6 Å². The van der Waals surface area contributed by atoms with E-state index in [-0.39, 0.29) is 5.91 Å². The number of amides is 1. The van der Waals surface area contributed by atoms with Crippen LogP contribution in [0.2, 0.25) is 5.02 Å². The lowest BCUT2D eigenvalue weighted by Gasteiger charge is -2.19. The largest absolute Gasteiger partial charge is 0.480 e. The first-order valence-electron chi connectivity index (χ1n) is 5.88. The summed E-state index contributed by atoms with van der Waals surface area (Å²) in [6.07, 6.45) is 0. The number of carbonyl (C=O) groups is 2. The van der Waals surface area contributed by atoms with Gasteiger partial charge < -0.3 is 10.0 Å². The highest BCUT2D eigenvalue weighted by Gasteiger charge is 2.36. The van der Waals surface area contributed by atoms with Crippen LogP contribution >= 0.6 is 34.7 Å². The number of carbonyl (C=O) groups excluding carboxylic acids is 1. The van der Waals surface area contributed by atoms with Crippen LogP contribution in [0.4, 0.5) is 0 Å². The van der Waals surface area contributed by atoms with Crippen molar-refractivity contribution in [3.8, 4) is 0 Å². The Bertz CT molecular complexity index is 700. The van der Waals surface area contributed by atoms with Crippen LogP contribution in [0.1, 0.15) is 9.67 Å². The summed E-state index contributed by atoms with van der Waals surface area (Å²) in [5.41, 5.74) is 0. The molecule has 1 aliphatic rings. The topological polar surface area (TPSA) is 57.6 Å². The molecule has 0 radical (unpaired) electrons. The zero-order valence-electron chi connectivity index (χ0n) is 10.2. The Labute approximate surface area is 128 Å². The lowest BCUT2D eigenvalue weighted by atomic mass is 10.2. The number of aliphatic carboxylic acids is 1. The molecule has 1 atom stereocenters. The number of hydrogen-bond donors (Lipinski definition) is 1. The lowest BCUT2D eigenvalue weighted by molar-refractivity contribution is -0.140. The molecular weight excluding hydrogens is 318 g/mol. The highest BCUT2D eigenvalue weighted by atomic mass is 35.5. The van der Waals surface area contributed by atoms with Gasteiger partial charge in [0.1, 0.15) is 10.9 Å². The summed E-state index contributed by atoms with van der Waals surface area (Å²) in [4.78, 5) is 25.5. The summed E-state index contributed by atoms with van der Waals surface area (Å²) in [7, 11) is 0. The lowest BCUT2D eigenvalue weighted by Crippen LogP contribution is -2.41. The molecule has 2 heterocycles. The molecule has 0 bridgehead atoms. The van der Waals surface area contributed by atoms with E-state index in [0.29, 0.717) is 21.5 Å². The molecule has 0 saturated carbocycles. The molecule has 3 rings (SSSR count). The summed E-state index contributed by atoms with van der Waals surface area (Å²) in [6.45, 7) is 0. The summed E-state index contributed by atoms with van der Waals surface area (Å²) in [6, 6.07) is 6.73. The number of benzene rings is 1. The molecule has 0 unspecified atom stereocenters. The fraction of sp³-hybridized carbons (Fsp3) is 0.231. The maximum absolute atomic E-state index is 12.5. The number of nitrogens with zero attached hydrogens (tertiary/aromatic N) is 1. The van der Waals surface area contributed by atoms with Gasteiger partial charge in [-0.1, -0.05) is 29.8 Å². The molecule has 0 spiro atoms. The van der Waals surface area contributed by atoms with Gasteiger partial charge in [-0.05, 0) is 6.07 Å². The summed E-state index contributed by atoms with van der Waals surface area (Å²) in [5.74, 6) is -0.460. The molecule has 2 aromatic rings. The predicted octanol–water partition coefficient (Wildman–Crippen LogP) is 3.15. The smallest absolute Gasteiger partial charge is 0.327 e. The zero-order valence-corrected chi connectivity index (χ0v) is 12.6. The van der Waals surface area contributed by atoms with E-state index >= 15 is 0 Å². The minimum Gasteiger partial charge on any atom is -0.480 e. The third-order valence-electron chi connectivity index (χ3n) is 3.16. The van der Waals surface area contributed by atoms with Crippen molar-refractivity contribution in [2.45, 2.75) is 6.04 Å². The van der Waals surface area contributed by atoms with Crippen LogP contribution in [0.5, 0.6) is 0 Å². The molecule has 1 fully saturated rings. The van der Waals surface area contributed by atoms with Gasteiger partial charge in [0.15, 0.2) is 0 Å². The minimum absolute atomic E-state index is 0.298. The number of halogens is 1. The van der Waals surface area contributed by atoms with E-state index in [0.717, 1.165) is 10.1 Å². The first-order valence-corrected chi connectivity index (χ1v) is 8.23. The Morgan fingerprint density at radius 2 is 2.10 bits per heavy atom. The summed E-state index contributed by atoms with van der Waals surface area (Å²) >= 11 is 9.01. The normalized spacial score (nSPS) is 18.6. The van der Waals surface area contributed by atoms with Gasteiger partial charge in [-0.3, -0.25) is 4.79 Å². The molecule has 4 nitrogen and oxygen atoms in total. The maximum atomic E-state index is 12.5. The molecule has 104 valence electrons. The predicted molar refractivity (Wildman–Crippen MR) is 81.8 cm³/mol. The van der Waals surface area contributed by atoms with Crippen molar-refractivity contribution < 1.29 is 14.7 Å². The van der Waals surface area contributed by atoms with E-state index in [1.165, 1.54) is 28.0 Å². The van der Waals surface area contributed by atoms with Gasteiger partial charge in [0.05, 0.1) is 10.9 Å². The fourth-order valence-electron chi connectivity index (χ4n) is 2.13. The Balaban J connectivity index is 2.00. The van der Waals surface area contributed by atoms with E-state index in [9.17, 15) is 9.59 Å². The number of fused-ring (bicyclic) bond motifs is 1. The van der Waals surface area contributed by atoms with Gasteiger partial charge in [-0.2, -0.15) is 0 Å². The fourth-order valence-corrected chi connectivity index (χ4v) is 4.74. The SMILES string of the molecule is O=C(O)[C@@H]1CSCN1C(=O)c1sc2ccccc2c1Cl. The molecule has 0 aliphatic carbocycles. The molecule has 7 heteroatoms. The van der Waals surface area contributed by atoms with Crippen LogP contribution in [0.15, 0.2) is 24.3 Å². The van der Waals surface area contributed by atoms with Crippen LogP contribution in [0.3, 0.4) is 0 Å². The quantitative estimate of drug-likeness (QED) is 0.920. The first-order chi connectivity index (χ1) is 9.59. The second-order valence-corrected chi connectivity index (χ2v) is 6.80. The first kappa shape index (κ1) is 13.7. The van der Waals surface area contributed by atoms with E-state index in [2.05, 4.69) is 0 Å². The van der Waals surface area contributed by atoms with Gasteiger partial charge in [0, 0.05) is 15.8 Å². The van der Waals surface area contributed by atoms with Gasteiger partial charge in [0.2, 0.25) is 0 Å². The van der Waals surface area contributed by atoms with E-state index in [4.69, 9.17) is 16.7 Å². The number of rotatable bonds is 2. The summed E-state index contributed by atoms with van der Waals surface area (Å²) < 4.78 is 0.930. The van der Waals surface area contributed by atoms with E-state index < -0.39 is 12.0 Å². The van der Waals surface area contributed by atoms with E-state index in [1.54, 1.807) is 0 Å². The van der Waals surface area contributed by atoms with Crippen molar-refractivity contribution in [2.24, 2.45) is 0 Å². The van der Waals surface area contributed by atoms with Crippen molar-refractivity contribution in [1.29, 1.82) is 0 Å². The molecule has 1 aromatic carbocycles. The highest BCUT2D eigenvalue weighted by Crippen LogP contribution is 2.37. The van der Waals surface area contributed by atoms with Crippen LogP contribution < -0.4 is 0 Å². The highest BCUT2D eigenvalue weighted by molar-refractivity contribution is 7.99. The molecular formula is C13H10ClNO3S2. The number of carboxylic acids is 1. The third kappa shape index (κ3) is 2.17. The van der Waals surface area contributed by atoms with Gasteiger partial charge >= 0.3 is 5.97 Å². The molecule has 20 heavy (non-hydrogen) atoms. The van der Waals surface area contributed by atoms with Gasteiger partial charge in [-0.15, -0.1) is 23.1 Å². The Hall–Kier alpha value is -1.24. The molecule has 1 aliphatic heterocycles. The number of thiophene rings is 1. The zero-order chi connectivity index (χ0) is 14.3. The van der Waals surface area contributed by atoms with Crippen LogP contribution in [0.25, 0.3) is 10.1 Å². The molecule has 1 amide bonds. The van der Waals surface area contributed by atoms with Gasteiger partial charge in [-0.25, -0.2) is 4.79 Å². The van der Waals surface area contributed by atoms with Gasteiger partial charge in [0.25, 0.3) is 5.91 Å². The van der Waals surface area contributed by atoms with Crippen LogP contribution in [-0.4, -0.2) is 39.6 Å².